The van der Waals surface area contributed by atoms with E-state index in [1.54, 1.807) is 12.1 Å². The van der Waals surface area contributed by atoms with Crippen molar-refractivity contribution in [1.29, 1.82) is 0 Å². The van der Waals surface area contributed by atoms with E-state index in [1.165, 1.54) is 19.3 Å². The molecule has 0 radical (unpaired) electrons. The maximum absolute atomic E-state index is 11.7. The largest absolute Gasteiger partial charge is 0.479 e. The molecule has 1 aromatic carbocycles. The third-order valence-corrected chi connectivity index (χ3v) is 3.85. The van der Waals surface area contributed by atoms with Gasteiger partial charge in [-0.05, 0) is 25.0 Å². The first-order valence-electron chi connectivity index (χ1n) is 7.63. The maximum atomic E-state index is 11.7. The predicted molar refractivity (Wildman–Crippen MR) is 88.1 cm³/mol. The molecule has 2 rings (SSSR count). The molecule has 22 heavy (non-hydrogen) atoms. The third kappa shape index (κ3) is 5.87. The molecule has 1 fully saturated rings. The lowest BCUT2D eigenvalue weighted by Gasteiger charge is -2.22. The van der Waals surface area contributed by atoms with Crippen LogP contribution in [0.3, 0.4) is 0 Å². The van der Waals surface area contributed by atoms with Gasteiger partial charge in [-0.25, -0.2) is 4.79 Å². The van der Waals surface area contributed by atoms with Crippen LogP contribution in [0.4, 0.5) is 4.79 Å². The monoisotopic (exact) mass is 320 g/mol. The number of benzene rings is 1. The fraction of sp³-hybridized carbons (Fsp3) is 0.471. The zero-order valence-corrected chi connectivity index (χ0v) is 13.3. The average Bonchev–Trinajstić information content (AvgIpc) is 2.53. The van der Waals surface area contributed by atoms with Gasteiger partial charge in [-0.15, -0.1) is 0 Å². The van der Waals surface area contributed by atoms with E-state index < -0.39 is 0 Å². The van der Waals surface area contributed by atoms with Crippen molar-refractivity contribution in [3.63, 3.8) is 0 Å². The summed E-state index contributed by atoms with van der Waals surface area (Å²) in [5.41, 5.74) is 0. The third-order valence-electron chi connectivity index (χ3n) is 3.54. The van der Waals surface area contributed by atoms with Crippen LogP contribution >= 0.6 is 11.6 Å². The lowest BCUT2D eigenvalue weighted by atomic mass is 9.96. The van der Waals surface area contributed by atoms with Gasteiger partial charge in [0, 0.05) is 6.04 Å². The van der Waals surface area contributed by atoms with E-state index in [-0.39, 0.29) is 12.6 Å². The SMILES string of the molecule is O=C(NCC#CCOc1ccccc1Cl)NC1CCCCC1. The van der Waals surface area contributed by atoms with Crippen LogP contribution in [-0.4, -0.2) is 25.2 Å². The molecule has 0 saturated heterocycles. The van der Waals surface area contributed by atoms with Crippen molar-refractivity contribution in [1.82, 2.24) is 10.6 Å². The van der Waals surface area contributed by atoms with E-state index in [1.807, 2.05) is 12.1 Å². The molecular weight excluding hydrogens is 300 g/mol. The van der Waals surface area contributed by atoms with E-state index in [9.17, 15) is 4.79 Å². The van der Waals surface area contributed by atoms with Crippen LogP contribution in [0.1, 0.15) is 32.1 Å². The molecule has 1 aliphatic carbocycles. The number of hydrogen-bond acceptors (Lipinski definition) is 2. The molecule has 4 nitrogen and oxygen atoms in total. The topological polar surface area (TPSA) is 50.4 Å². The van der Waals surface area contributed by atoms with E-state index in [0.717, 1.165) is 12.8 Å². The summed E-state index contributed by atoms with van der Waals surface area (Å²) in [6, 6.07) is 7.42. The standard InChI is InChI=1S/C17H21ClN2O2/c18-15-10-4-5-11-16(15)22-13-7-6-12-19-17(21)20-14-8-2-1-3-9-14/h4-5,10-11,14H,1-3,8-9,12-13H2,(H2,19,20,21). The van der Waals surface area contributed by atoms with Crippen LogP contribution in [-0.2, 0) is 0 Å². The quantitative estimate of drug-likeness (QED) is 0.836. The second kappa shape index (κ2) is 9.22. The molecule has 0 bridgehead atoms. The van der Waals surface area contributed by atoms with Crippen LogP contribution in [0.15, 0.2) is 24.3 Å². The first-order valence-corrected chi connectivity index (χ1v) is 8.01. The van der Waals surface area contributed by atoms with Crippen molar-refractivity contribution in [2.24, 2.45) is 0 Å². The highest BCUT2D eigenvalue weighted by Crippen LogP contribution is 2.22. The number of ether oxygens (including phenoxy) is 1. The summed E-state index contributed by atoms with van der Waals surface area (Å²) in [5, 5.41) is 6.28. The molecule has 5 heteroatoms. The first kappa shape index (κ1) is 16.5. The Morgan fingerprint density at radius 3 is 2.77 bits per heavy atom. The summed E-state index contributed by atoms with van der Waals surface area (Å²) >= 11 is 5.96. The van der Waals surface area contributed by atoms with Crippen LogP contribution in [0.2, 0.25) is 5.02 Å². The number of rotatable bonds is 4. The van der Waals surface area contributed by atoms with Gasteiger partial charge in [-0.2, -0.15) is 0 Å². The minimum Gasteiger partial charge on any atom is -0.479 e. The second-order valence-electron chi connectivity index (χ2n) is 5.23. The van der Waals surface area contributed by atoms with Gasteiger partial charge < -0.3 is 15.4 Å². The lowest BCUT2D eigenvalue weighted by molar-refractivity contribution is 0.234. The van der Waals surface area contributed by atoms with Crippen molar-refractivity contribution in [3.05, 3.63) is 29.3 Å². The Kier molecular flexibility index (Phi) is 6.92. The molecule has 1 saturated carbocycles. The van der Waals surface area contributed by atoms with Gasteiger partial charge in [0.15, 0.2) is 0 Å². The van der Waals surface area contributed by atoms with Crippen molar-refractivity contribution < 1.29 is 9.53 Å². The summed E-state index contributed by atoms with van der Waals surface area (Å²) < 4.78 is 5.43. The zero-order valence-electron chi connectivity index (χ0n) is 12.5. The van der Waals surface area contributed by atoms with Crippen LogP contribution in [0.25, 0.3) is 0 Å². The molecule has 0 heterocycles. The zero-order chi connectivity index (χ0) is 15.6. The normalized spacial score (nSPS) is 14.6. The number of urea groups is 1. The minimum atomic E-state index is -0.145. The molecule has 0 unspecified atom stereocenters. The van der Waals surface area contributed by atoms with Gasteiger partial charge in [0.1, 0.15) is 12.4 Å². The van der Waals surface area contributed by atoms with Gasteiger partial charge in [0.25, 0.3) is 0 Å². The fourth-order valence-corrected chi connectivity index (χ4v) is 2.59. The number of carbonyl (C=O) groups is 1. The Labute approximate surface area is 136 Å². The molecule has 0 aromatic heterocycles. The van der Waals surface area contributed by atoms with E-state index in [2.05, 4.69) is 22.5 Å². The Morgan fingerprint density at radius 2 is 2.00 bits per heavy atom. The minimum absolute atomic E-state index is 0.145. The van der Waals surface area contributed by atoms with Crippen molar-refractivity contribution in [3.8, 4) is 17.6 Å². The van der Waals surface area contributed by atoms with Crippen LogP contribution in [0.5, 0.6) is 5.75 Å². The van der Waals surface area contributed by atoms with E-state index in [4.69, 9.17) is 16.3 Å². The number of hydrogen-bond donors (Lipinski definition) is 2. The maximum Gasteiger partial charge on any atom is 0.315 e. The van der Waals surface area contributed by atoms with Crippen molar-refractivity contribution in [2.45, 2.75) is 38.1 Å². The molecule has 1 aliphatic rings. The molecule has 2 N–H and O–H groups in total. The second-order valence-corrected chi connectivity index (χ2v) is 5.64. The molecule has 0 spiro atoms. The molecule has 0 atom stereocenters. The fourth-order valence-electron chi connectivity index (χ4n) is 2.40. The van der Waals surface area contributed by atoms with Crippen LogP contribution < -0.4 is 15.4 Å². The van der Waals surface area contributed by atoms with Crippen molar-refractivity contribution in [2.75, 3.05) is 13.2 Å². The van der Waals surface area contributed by atoms with Gasteiger partial charge >= 0.3 is 6.03 Å². The van der Waals surface area contributed by atoms with E-state index >= 15 is 0 Å². The average molecular weight is 321 g/mol. The Balaban J connectivity index is 1.60. The van der Waals surface area contributed by atoms with Crippen LogP contribution in [0, 0.1) is 11.8 Å². The Bertz CT molecular complexity index is 545. The summed E-state index contributed by atoms with van der Waals surface area (Å²) in [5.74, 6) is 6.31. The van der Waals surface area contributed by atoms with Gasteiger partial charge in [-0.3, -0.25) is 0 Å². The van der Waals surface area contributed by atoms with Gasteiger partial charge in [-0.1, -0.05) is 54.8 Å². The molecule has 118 valence electrons. The summed E-state index contributed by atoms with van der Waals surface area (Å²) in [4.78, 5) is 11.7. The lowest BCUT2D eigenvalue weighted by Crippen LogP contribution is -2.42. The summed E-state index contributed by atoms with van der Waals surface area (Å²) in [6.07, 6.45) is 5.82. The highest BCUT2D eigenvalue weighted by molar-refractivity contribution is 6.32. The number of nitrogens with one attached hydrogen (secondary N) is 2. The number of halogens is 1. The van der Waals surface area contributed by atoms with Gasteiger partial charge in [0.2, 0.25) is 0 Å². The summed E-state index contributed by atoms with van der Waals surface area (Å²) in [6.45, 7) is 0.556. The Morgan fingerprint density at radius 1 is 1.23 bits per heavy atom. The highest BCUT2D eigenvalue weighted by atomic mass is 35.5. The molecule has 1 aromatic rings. The summed E-state index contributed by atoms with van der Waals surface area (Å²) in [7, 11) is 0. The first-order chi connectivity index (χ1) is 10.8. The molecular formula is C17H21ClN2O2. The number of carbonyl (C=O) groups excluding carboxylic acids is 1. The number of amides is 2. The van der Waals surface area contributed by atoms with Gasteiger partial charge in [0.05, 0.1) is 11.6 Å². The predicted octanol–water partition coefficient (Wildman–Crippen LogP) is 3.35. The molecule has 2 amide bonds. The van der Waals surface area contributed by atoms with E-state index in [0.29, 0.717) is 23.4 Å². The number of para-hydroxylation sites is 1. The van der Waals surface area contributed by atoms with Crippen molar-refractivity contribution >= 4 is 17.6 Å². The highest BCUT2D eigenvalue weighted by Gasteiger charge is 2.14. The smallest absolute Gasteiger partial charge is 0.315 e. The molecule has 0 aliphatic heterocycles. The Hall–Kier alpha value is -1.86.